The summed E-state index contributed by atoms with van der Waals surface area (Å²) in [4.78, 5) is 27.9. The zero-order chi connectivity index (χ0) is 15.8. The summed E-state index contributed by atoms with van der Waals surface area (Å²) in [5, 5.41) is 0. The molecule has 0 saturated carbocycles. The summed E-state index contributed by atoms with van der Waals surface area (Å²) in [5.74, 6) is 0.210. The Balaban J connectivity index is 1.71. The maximum absolute atomic E-state index is 12.4. The second-order valence-corrected chi connectivity index (χ2v) is 6.22. The summed E-state index contributed by atoms with van der Waals surface area (Å²) in [6.07, 6.45) is 6.53. The number of hydrogen-bond acceptors (Lipinski definition) is 4. The summed E-state index contributed by atoms with van der Waals surface area (Å²) in [5.41, 5.74) is 5.45. The highest BCUT2D eigenvalue weighted by atomic mass is 16.5. The topological polar surface area (TPSA) is 75.9 Å². The highest BCUT2D eigenvalue weighted by molar-refractivity contribution is 5.85. The van der Waals surface area contributed by atoms with E-state index in [0.717, 1.165) is 58.2 Å². The number of nitrogens with zero attached hydrogens (tertiary/aromatic N) is 2. The van der Waals surface area contributed by atoms with Gasteiger partial charge >= 0.3 is 0 Å². The van der Waals surface area contributed by atoms with Crippen molar-refractivity contribution in [1.29, 1.82) is 0 Å². The fraction of sp³-hybridized carbons (Fsp3) is 0.875. The second-order valence-electron chi connectivity index (χ2n) is 6.22. The fourth-order valence-electron chi connectivity index (χ4n) is 3.07. The normalized spacial score (nSPS) is 21.0. The van der Waals surface area contributed by atoms with Crippen LogP contribution in [-0.4, -0.2) is 67.0 Å². The number of carbonyl (C=O) groups excluding carboxylic acids is 2. The molecule has 2 rings (SSSR count). The minimum Gasteiger partial charge on any atom is -0.378 e. The smallest absolute Gasteiger partial charge is 0.242 e. The third-order valence-corrected chi connectivity index (χ3v) is 4.49. The van der Waals surface area contributed by atoms with E-state index in [-0.39, 0.29) is 24.5 Å². The minimum absolute atomic E-state index is 0.0793. The molecule has 2 amide bonds. The predicted octanol–water partition coefficient (Wildman–Crippen LogP) is 0.745. The van der Waals surface area contributed by atoms with Gasteiger partial charge < -0.3 is 20.3 Å². The summed E-state index contributed by atoms with van der Waals surface area (Å²) >= 11 is 0. The quantitative estimate of drug-likeness (QED) is 0.734. The van der Waals surface area contributed by atoms with Crippen molar-refractivity contribution in [2.24, 2.45) is 5.73 Å². The summed E-state index contributed by atoms with van der Waals surface area (Å²) in [6, 6.07) is 0. The Morgan fingerprint density at radius 2 is 1.95 bits per heavy atom. The molecule has 0 aromatic heterocycles. The Kier molecular flexibility index (Phi) is 7.12. The molecule has 0 bridgehead atoms. The van der Waals surface area contributed by atoms with Crippen molar-refractivity contribution in [3.05, 3.63) is 0 Å². The molecular formula is C16H29N3O3. The number of nitrogens with two attached hydrogens (primary N) is 1. The fourth-order valence-corrected chi connectivity index (χ4v) is 3.07. The molecule has 6 nitrogen and oxygen atoms in total. The first-order chi connectivity index (χ1) is 10.7. The molecule has 6 heteroatoms. The Morgan fingerprint density at radius 1 is 1.18 bits per heavy atom. The van der Waals surface area contributed by atoms with Gasteiger partial charge in [0.05, 0.1) is 12.6 Å². The first-order valence-electron chi connectivity index (χ1n) is 8.58. The van der Waals surface area contributed by atoms with Crippen LogP contribution in [0.15, 0.2) is 0 Å². The van der Waals surface area contributed by atoms with E-state index in [2.05, 4.69) is 0 Å². The highest BCUT2D eigenvalue weighted by Crippen LogP contribution is 2.16. The Bertz CT molecular complexity index is 368. The van der Waals surface area contributed by atoms with Gasteiger partial charge in [-0.1, -0.05) is 6.42 Å². The molecule has 2 fully saturated rings. The molecule has 0 aromatic rings. The van der Waals surface area contributed by atoms with Crippen molar-refractivity contribution in [3.8, 4) is 0 Å². The molecule has 126 valence electrons. The van der Waals surface area contributed by atoms with Gasteiger partial charge in [-0.2, -0.15) is 0 Å². The first kappa shape index (κ1) is 17.2. The highest BCUT2D eigenvalue weighted by Gasteiger charge is 2.26. The molecule has 0 atom stereocenters. The van der Waals surface area contributed by atoms with Crippen LogP contribution in [0.25, 0.3) is 0 Å². The van der Waals surface area contributed by atoms with Gasteiger partial charge in [0.2, 0.25) is 11.8 Å². The average Bonchev–Trinajstić information content (AvgIpc) is 2.73. The predicted molar refractivity (Wildman–Crippen MR) is 84.3 cm³/mol. The molecule has 0 unspecified atom stereocenters. The van der Waals surface area contributed by atoms with Crippen LogP contribution >= 0.6 is 0 Å². The number of amides is 2. The van der Waals surface area contributed by atoms with Gasteiger partial charge in [0.15, 0.2) is 0 Å². The number of carbonyl (C=O) groups is 2. The van der Waals surface area contributed by atoms with Crippen LogP contribution in [0.1, 0.15) is 44.9 Å². The van der Waals surface area contributed by atoms with Gasteiger partial charge in [0, 0.05) is 32.7 Å². The number of piperidine rings is 1. The van der Waals surface area contributed by atoms with Crippen molar-refractivity contribution in [2.45, 2.75) is 51.0 Å². The van der Waals surface area contributed by atoms with E-state index in [9.17, 15) is 9.59 Å². The van der Waals surface area contributed by atoms with Crippen LogP contribution in [0.5, 0.6) is 0 Å². The average molecular weight is 311 g/mol. The van der Waals surface area contributed by atoms with Crippen molar-refractivity contribution in [3.63, 3.8) is 0 Å². The number of rotatable bonds is 6. The van der Waals surface area contributed by atoms with Crippen LogP contribution in [0, 0.1) is 0 Å². The first-order valence-corrected chi connectivity index (χ1v) is 8.58. The van der Waals surface area contributed by atoms with E-state index in [4.69, 9.17) is 10.5 Å². The van der Waals surface area contributed by atoms with Gasteiger partial charge in [-0.3, -0.25) is 9.59 Å². The third-order valence-electron chi connectivity index (χ3n) is 4.49. The molecule has 2 heterocycles. The van der Waals surface area contributed by atoms with Crippen LogP contribution in [0.2, 0.25) is 0 Å². The lowest BCUT2D eigenvalue weighted by Gasteiger charge is -2.33. The molecule has 0 radical (unpaired) electrons. The van der Waals surface area contributed by atoms with Crippen molar-refractivity contribution < 1.29 is 14.3 Å². The van der Waals surface area contributed by atoms with E-state index in [1.54, 1.807) is 4.90 Å². The molecule has 2 aliphatic heterocycles. The zero-order valence-electron chi connectivity index (χ0n) is 13.5. The molecule has 0 aromatic carbocycles. The van der Waals surface area contributed by atoms with Gasteiger partial charge in [0.25, 0.3) is 0 Å². The molecule has 0 spiro atoms. The standard InChI is InChI=1S/C16H29N3O3/c17-8-4-12-22-14-6-10-18(11-7-14)16(21)13-19-9-3-1-2-5-15(19)20/h14H,1-13,17H2. The molecule has 0 aliphatic carbocycles. The molecule has 2 aliphatic rings. The zero-order valence-corrected chi connectivity index (χ0v) is 13.5. The number of hydrogen-bond donors (Lipinski definition) is 1. The van der Waals surface area contributed by atoms with Gasteiger partial charge in [-0.05, 0) is 38.6 Å². The Morgan fingerprint density at radius 3 is 2.68 bits per heavy atom. The lowest BCUT2D eigenvalue weighted by molar-refractivity contribution is -0.141. The van der Waals surface area contributed by atoms with Crippen LogP contribution in [0.3, 0.4) is 0 Å². The summed E-state index contributed by atoms with van der Waals surface area (Å²) in [7, 11) is 0. The third kappa shape index (κ3) is 5.25. The molecule has 2 N–H and O–H groups in total. The minimum atomic E-state index is 0.0793. The molecular weight excluding hydrogens is 282 g/mol. The maximum Gasteiger partial charge on any atom is 0.242 e. The van der Waals surface area contributed by atoms with Gasteiger partial charge in [0.1, 0.15) is 0 Å². The van der Waals surface area contributed by atoms with Crippen LogP contribution in [0.4, 0.5) is 0 Å². The van der Waals surface area contributed by atoms with Crippen LogP contribution in [-0.2, 0) is 14.3 Å². The van der Waals surface area contributed by atoms with E-state index < -0.39 is 0 Å². The lowest BCUT2D eigenvalue weighted by atomic mass is 10.1. The Labute approximate surface area is 132 Å². The largest absolute Gasteiger partial charge is 0.378 e. The summed E-state index contributed by atoms with van der Waals surface area (Å²) in [6.45, 7) is 3.79. The van der Waals surface area contributed by atoms with E-state index in [0.29, 0.717) is 19.6 Å². The molecule has 2 saturated heterocycles. The van der Waals surface area contributed by atoms with E-state index in [1.807, 2.05) is 4.90 Å². The maximum atomic E-state index is 12.4. The van der Waals surface area contributed by atoms with Crippen LogP contribution < -0.4 is 5.73 Å². The van der Waals surface area contributed by atoms with Crippen molar-refractivity contribution >= 4 is 11.8 Å². The second kappa shape index (κ2) is 9.10. The van der Waals surface area contributed by atoms with Gasteiger partial charge in [-0.15, -0.1) is 0 Å². The van der Waals surface area contributed by atoms with Gasteiger partial charge in [-0.25, -0.2) is 0 Å². The van der Waals surface area contributed by atoms with E-state index >= 15 is 0 Å². The number of ether oxygens (including phenoxy) is 1. The van der Waals surface area contributed by atoms with Crippen molar-refractivity contribution in [1.82, 2.24) is 9.80 Å². The SMILES string of the molecule is NCCCOC1CCN(C(=O)CN2CCCCCC2=O)CC1. The lowest BCUT2D eigenvalue weighted by Crippen LogP contribution is -2.46. The van der Waals surface area contributed by atoms with Crippen molar-refractivity contribution in [2.75, 3.05) is 39.3 Å². The number of likely N-dealkylation sites (tertiary alicyclic amines) is 2. The monoisotopic (exact) mass is 311 g/mol. The summed E-state index contributed by atoms with van der Waals surface area (Å²) < 4.78 is 5.75. The molecule has 22 heavy (non-hydrogen) atoms. The Hall–Kier alpha value is -1.14. The van der Waals surface area contributed by atoms with E-state index in [1.165, 1.54) is 0 Å².